The second kappa shape index (κ2) is 10.5. The first-order valence-electron chi connectivity index (χ1n) is 10.3. The highest BCUT2D eigenvalue weighted by Gasteiger charge is 2.39. The molecule has 152 valence electrons. The number of amides is 2. The van der Waals surface area contributed by atoms with Crippen molar-refractivity contribution < 1.29 is 14.3 Å². The second-order valence-corrected chi connectivity index (χ2v) is 8.96. The molecule has 0 aromatic rings. The molecule has 2 aliphatic heterocycles. The molecule has 7 heteroatoms. The van der Waals surface area contributed by atoms with Crippen LogP contribution in [0.2, 0.25) is 0 Å². The number of morpholine rings is 1. The van der Waals surface area contributed by atoms with E-state index in [0.717, 1.165) is 69.9 Å². The quantitative estimate of drug-likeness (QED) is 0.529. The fourth-order valence-electron chi connectivity index (χ4n) is 4.27. The largest absolute Gasteiger partial charge is 0.379 e. The summed E-state index contributed by atoms with van der Waals surface area (Å²) in [5.74, 6) is 1.20. The summed E-state index contributed by atoms with van der Waals surface area (Å²) < 4.78 is 5.49. The molecule has 0 spiro atoms. The molecule has 0 bridgehead atoms. The van der Waals surface area contributed by atoms with Crippen LogP contribution in [0, 0.1) is 0 Å². The Labute approximate surface area is 166 Å². The molecule has 1 aliphatic carbocycles. The Kier molecular flexibility index (Phi) is 8.03. The molecule has 0 saturated carbocycles. The maximum absolute atomic E-state index is 12.3. The zero-order chi connectivity index (χ0) is 19.0. The van der Waals surface area contributed by atoms with Gasteiger partial charge < -0.3 is 15.4 Å². The van der Waals surface area contributed by atoms with Crippen LogP contribution in [0.3, 0.4) is 0 Å². The number of nitrogens with zero attached hydrogens (tertiary/aromatic N) is 1. The number of allylic oxidation sites excluding steroid dienone is 1. The molecule has 2 heterocycles. The van der Waals surface area contributed by atoms with Gasteiger partial charge in [0.05, 0.1) is 13.2 Å². The van der Waals surface area contributed by atoms with Gasteiger partial charge in [-0.25, -0.2) is 0 Å². The lowest BCUT2D eigenvalue weighted by atomic mass is 9.89. The molecular weight excluding hydrogens is 362 g/mol. The van der Waals surface area contributed by atoms with Crippen LogP contribution < -0.4 is 10.6 Å². The van der Waals surface area contributed by atoms with Gasteiger partial charge in [0.15, 0.2) is 0 Å². The van der Waals surface area contributed by atoms with Crippen molar-refractivity contribution in [2.45, 2.75) is 50.5 Å². The van der Waals surface area contributed by atoms with Crippen LogP contribution in [0.15, 0.2) is 11.6 Å². The molecule has 27 heavy (non-hydrogen) atoms. The Hall–Kier alpha value is -1.05. The fourth-order valence-corrected chi connectivity index (χ4v) is 5.52. The standard InChI is InChI=1S/C20H33N3O3S/c24-18(21-9-6-17-4-2-1-3-5-17)19(25)22-16-20(7-14-27-15-8-20)23-10-12-26-13-11-23/h4H,1-3,5-16H2,(H,21,24)(H,22,25). The van der Waals surface area contributed by atoms with Crippen LogP contribution in [0.1, 0.15) is 44.9 Å². The summed E-state index contributed by atoms with van der Waals surface area (Å²) in [6.07, 6.45) is 10.0. The number of carbonyl (C=O) groups excluding carboxylic acids is 2. The average molecular weight is 396 g/mol. The predicted octanol–water partition coefficient (Wildman–Crippen LogP) is 1.71. The highest BCUT2D eigenvalue weighted by molar-refractivity contribution is 7.99. The molecule has 3 aliphatic rings. The summed E-state index contributed by atoms with van der Waals surface area (Å²) >= 11 is 1.97. The van der Waals surface area contributed by atoms with Crippen molar-refractivity contribution >= 4 is 23.6 Å². The monoisotopic (exact) mass is 395 g/mol. The van der Waals surface area contributed by atoms with Crippen LogP contribution in [0.5, 0.6) is 0 Å². The molecule has 6 nitrogen and oxygen atoms in total. The van der Waals surface area contributed by atoms with Crippen LogP contribution in [-0.2, 0) is 14.3 Å². The van der Waals surface area contributed by atoms with Crippen molar-refractivity contribution in [3.8, 4) is 0 Å². The van der Waals surface area contributed by atoms with E-state index in [4.69, 9.17) is 4.74 Å². The minimum Gasteiger partial charge on any atom is -0.379 e. The van der Waals surface area contributed by atoms with Crippen LogP contribution in [0.25, 0.3) is 0 Å². The normalized spacial score (nSPS) is 23.3. The summed E-state index contributed by atoms with van der Waals surface area (Å²) in [5, 5.41) is 5.70. The van der Waals surface area contributed by atoms with E-state index in [1.807, 2.05) is 11.8 Å². The van der Waals surface area contributed by atoms with Crippen LogP contribution in [-0.4, -0.2) is 73.2 Å². The minimum atomic E-state index is -0.506. The first kappa shape index (κ1) is 20.7. The average Bonchev–Trinajstić information content (AvgIpc) is 2.74. The Bertz CT molecular complexity index is 541. The number of thioether (sulfide) groups is 1. The predicted molar refractivity (Wildman–Crippen MR) is 109 cm³/mol. The van der Waals surface area contributed by atoms with Gasteiger partial charge in [-0.3, -0.25) is 14.5 Å². The van der Waals surface area contributed by atoms with Crippen molar-refractivity contribution in [3.63, 3.8) is 0 Å². The molecule has 0 atom stereocenters. The molecule has 3 rings (SSSR count). The molecule has 2 fully saturated rings. The number of nitrogens with one attached hydrogen (secondary N) is 2. The van der Waals surface area contributed by atoms with Gasteiger partial charge in [-0.15, -0.1) is 0 Å². The molecule has 0 unspecified atom stereocenters. The number of hydrogen-bond acceptors (Lipinski definition) is 5. The zero-order valence-corrected chi connectivity index (χ0v) is 17.1. The van der Waals surface area contributed by atoms with Crippen molar-refractivity contribution in [2.75, 3.05) is 50.9 Å². The minimum absolute atomic E-state index is 0.0299. The highest BCUT2D eigenvalue weighted by atomic mass is 32.2. The van der Waals surface area contributed by atoms with Crippen molar-refractivity contribution in [1.29, 1.82) is 0 Å². The topological polar surface area (TPSA) is 70.7 Å². The van der Waals surface area contributed by atoms with E-state index in [9.17, 15) is 9.59 Å². The number of carbonyl (C=O) groups is 2. The van der Waals surface area contributed by atoms with Crippen molar-refractivity contribution in [1.82, 2.24) is 15.5 Å². The molecule has 0 aromatic carbocycles. The number of ether oxygens (including phenoxy) is 1. The SMILES string of the molecule is O=C(NCCC1=CCCCC1)C(=O)NCC1(N2CCOCC2)CCSCC1. The second-order valence-electron chi connectivity index (χ2n) is 7.73. The maximum Gasteiger partial charge on any atom is 0.309 e. The van der Waals surface area contributed by atoms with E-state index < -0.39 is 11.8 Å². The lowest BCUT2D eigenvalue weighted by Crippen LogP contribution is -2.61. The number of rotatable bonds is 6. The van der Waals surface area contributed by atoms with E-state index in [0.29, 0.717) is 13.1 Å². The van der Waals surface area contributed by atoms with Gasteiger partial charge in [0.2, 0.25) is 0 Å². The van der Waals surface area contributed by atoms with Crippen LogP contribution >= 0.6 is 11.8 Å². The summed E-state index contributed by atoms with van der Waals surface area (Å²) in [6, 6.07) is 0. The lowest BCUT2D eigenvalue weighted by Gasteiger charge is -2.47. The summed E-state index contributed by atoms with van der Waals surface area (Å²) in [4.78, 5) is 26.9. The molecule has 2 amide bonds. The highest BCUT2D eigenvalue weighted by Crippen LogP contribution is 2.32. The van der Waals surface area contributed by atoms with Gasteiger partial charge in [0.1, 0.15) is 0 Å². The Morgan fingerprint density at radius 1 is 1.11 bits per heavy atom. The summed E-state index contributed by atoms with van der Waals surface area (Å²) in [5.41, 5.74) is 1.38. The maximum atomic E-state index is 12.3. The Balaban J connectivity index is 1.45. The molecular formula is C20H33N3O3S. The van der Waals surface area contributed by atoms with Gasteiger partial charge in [-0.1, -0.05) is 11.6 Å². The third-order valence-electron chi connectivity index (χ3n) is 6.01. The first-order chi connectivity index (χ1) is 13.2. The van der Waals surface area contributed by atoms with Gasteiger partial charge in [0, 0.05) is 31.7 Å². The molecule has 0 radical (unpaired) electrons. The summed E-state index contributed by atoms with van der Waals surface area (Å²) in [7, 11) is 0. The van der Waals surface area contributed by atoms with Crippen LogP contribution in [0.4, 0.5) is 0 Å². The molecule has 2 saturated heterocycles. The van der Waals surface area contributed by atoms with E-state index in [2.05, 4.69) is 21.6 Å². The summed E-state index contributed by atoms with van der Waals surface area (Å²) in [6.45, 7) is 4.40. The van der Waals surface area contributed by atoms with Gasteiger partial charge in [-0.05, 0) is 56.5 Å². The van der Waals surface area contributed by atoms with Crippen molar-refractivity contribution in [2.24, 2.45) is 0 Å². The zero-order valence-electron chi connectivity index (χ0n) is 16.3. The lowest BCUT2D eigenvalue weighted by molar-refractivity contribution is -0.139. The molecule has 0 aromatic heterocycles. The smallest absolute Gasteiger partial charge is 0.309 e. The molecule has 2 N–H and O–H groups in total. The Morgan fingerprint density at radius 3 is 2.56 bits per heavy atom. The van der Waals surface area contributed by atoms with Gasteiger partial charge in [-0.2, -0.15) is 11.8 Å². The first-order valence-corrected chi connectivity index (χ1v) is 11.5. The third-order valence-corrected chi connectivity index (χ3v) is 6.99. The van der Waals surface area contributed by atoms with Gasteiger partial charge >= 0.3 is 11.8 Å². The Morgan fingerprint density at radius 2 is 1.85 bits per heavy atom. The van der Waals surface area contributed by atoms with Gasteiger partial charge in [0.25, 0.3) is 0 Å². The van der Waals surface area contributed by atoms with Crippen molar-refractivity contribution in [3.05, 3.63) is 11.6 Å². The number of hydrogen-bond donors (Lipinski definition) is 2. The fraction of sp³-hybridized carbons (Fsp3) is 0.800. The van der Waals surface area contributed by atoms with E-state index >= 15 is 0 Å². The van der Waals surface area contributed by atoms with E-state index in [-0.39, 0.29) is 5.54 Å². The van der Waals surface area contributed by atoms with E-state index in [1.54, 1.807) is 0 Å². The van der Waals surface area contributed by atoms with E-state index in [1.165, 1.54) is 18.4 Å². The third kappa shape index (κ3) is 5.96.